The molecule has 0 aliphatic rings. The van der Waals surface area contributed by atoms with E-state index in [9.17, 15) is 4.79 Å². The van der Waals surface area contributed by atoms with Crippen LogP contribution in [0.5, 0.6) is 0 Å². The van der Waals surface area contributed by atoms with Gasteiger partial charge in [0.25, 0.3) is 11.7 Å². The van der Waals surface area contributed by atoms with Gasteiger partial charge in [0.15, 0.2) is 0 Å². The predicted octanol–water partition coefficient (Wildman–Crippen LogP) is 3.20. The van der Waals surface area contributed by atoms with E-state index in [0.29, 0.717) is 11.7 Å². The zero-order valence-corrected chi connectivity index (χ0v) is 13.4. The van der Waals surface area contributed by atoms with Crippen molar-refractivity contribution < 1.29 is 4.79 Å². The van der Waals surface area contributed by atoms with Crippen LogP contribution in [-0.4, -0.2) is 25.5 Å². The van der Waals surface area contributed by atoms with Crippen molar-refractivity contribution in [3.05, 3.63) is 53.6 Å². The summed E-state index contributed by atoms with van der Waals surface area (Å²) in [5, 5.41) is 7.15. The van der Waals surface area contributed by atoms with Gasteiger partial charge in [-0.3, -0.25) is 4.79 Å². The van der Waals surface area contributed by atoms with E-state index in [1.807, 2.05) is 37.3 Å². The van der Waals surface area contributed by atoms with E-state index in [4.69, 9.17) is 0 Å². The van der Waals surface area contributed by atoms with E-state index in [-0.39, 0.29) is 11.7 Å². The molecule has 3 aromatic rings. The standard InChI is InChI=1S/C17H19N5O/c1-4-11(2)13-7-5-6-8-14(13)19-16(23)15-20-17-18-10-9-12(3)22(17)21-15/h5-11H,4H2,1-3H3,(H,19,23)/t11-/m1/s1. The van der Waals surface area contributed by atoms with E-state index < -0.39 is 0 Å². The molecule has 1 atom stereocenters. The Kier molecular flexibility index (Phi) is 4.06. The van der Waals surface area contributed by atoms with Crippen LogP contribution in [0.25, 0.3) is 5.78 Å². The maximum atomic E-state index is 12.5. The molecule has 118 valence electrons. The van der Waals surface area contributed by atoms with E-state index in [0.717, 1.165) is 23.4 Å². The molecule has 2 heterocycles. The molecule has 6 heteroatoms. The molecule has 1 N–H and O–H groups in total. The molecule has 0 fully saturated rings. The summed E-state index contributed by atoms with van der Waals surface area (Å²) in [6, 6.07) is 9.64. The molecule has 6 nitrogen and oxygen atoms in total. The molecule has 0 saturated carbocycles. The lowest BCUT2D eigenvalue weighted by Gasteiger charge is -2.14. The molecule has 0 radical (unpaired) electrons. The summed E-state index contributed by atoms with van der Waals surface area (Å²) in [5.74, 6) is 0.575. The zero-order chi connectivity index (χ0) is 16.4. The third kappa shape index (κ3) is 2.92. The zero-order valence-electron chi connectivity index (χ0n) is 13.4. The molecule has 0 unspecified atom stereocenters. The summed E-state index contributed by atoms with van der Waals surface area (Å²) in [6.45, 7) is 6.16. The molecule has 1 amide bonds. The number of carbonyl (C=O) groups excluding carboxylic acids is 1. The van der Waals surface area contributed by atoms with Gasteiger partial charge in [0.2, 0.25) is 5.82 Å². The van der Waals surface area contributed by atoms with Crippen LogP contribution in [0, 0.1) is 6.92 Å². The Bertz CT molecular complexity index is 855. The molecule has 1 aromatic carbocycles. The molecule has 2 aromatic heterocycles. The minimum atomic E-state index is -0.328. The monoisotopic (exact) mass is 309 g/mol. The fourth-order valence-corrected chi connectivity index (χ4v) is 2.44. The number of amides is 1. The summed E-state index contributed by atoms with van der Waals surface area (Å²) in [6.07, 6.45) is 2.65. The first-order valence-corrected chi connectivity index (χ1v) is 7.68. The summed E-state index contributed by atoms with van der Waals surface area (Å²) in [7, 11) is 0. The van der Waals surface area contributed by atoms with E-state index in [1.165, 1.54) is 0 Å². The fraction of sp³-hybridized carbons (Fsp3) is 0.294. The maximum absolute atomic E-state index is 12.5. The van der Waals surface area contributed by atoms with Crippen LogP contribution >= 0.6 is 0 Å². The third-order valence-electron chi connectivity index (χ3n) is 3.99. The molecule has 0 spiro atoms. The number of hydrogen-bond acceptors (Lipinski definition) is 4. The van der Waals surface area contributed by atoms with Gasteiger partial charge >= 0.3 is 0 Å². The lowest BCUT2D eigenvalue weighted by molar-refractivity contribution is 0.101. The maximum Gasteiger partial charge on any atom is 0.295 e. The van der Waals surface area contributed by atoms with Crippen LogP contribution in [0.1, 0.15) is 48.1 Å². The van der Waals surface area contributed by atoms with Crippen LogP contribution in [0.3, 0.4) is 0 Å². The number of nitrogens with one attached hydrogen (secondary N) is 1. The lowest BCUT2D eigenvalue weighted by atomic mass is 9.97. The highest BCUT2D eigenvalue weighted by Gasteiger charge is 2.17. The minimum Gasteiger partial charge on any atom is -0.319 e. The van der Waals surface area contributed by atoms with Gasteiger partial charge in [-0.1, -0.05) is 32.0 Å². The van der Waals surface area contributed by atoms with Crippen molar-refractivity contribution in [2.75, 3.05) is 5.32 Å². The summed E-state index contributed by atoms with van der Waals surface area (Å²) in [4.78, 5) is 20.8. The van der Waals surface area contributed by atoms with E-state index in [1.54, 1.807) is 10.7 Å². The number of anilines is 1. The predicted molar refractivity (Wildman–Crippen MR) is 88.6 cm³/mol. The number of aromatic nitrogens is 4. The highest BCUT2D eigenvalue weighted by atomic mass is 16.2. The highest BCUT2D eigenvalue weighted by Crippen LogP contribution is 2.26. The second kappa shape index (κ2) is 6.16. The largest absolute Gasteiger partial charge is 0.319 e. The van der Waals surface area contributed by atoms with E-state index in [2.05, 4.69) is 34.2 Å². The third-order valence-corrected chi connectivity index (χ3v) is 3.99. The number of para-hydroxylation sites is 1. The molecule has 0 saturated heterocycles. The van der Waals surface area contributed by atoms with Crippen molar-refractivity contribution >= 4 is 17.4 Å². The van der Waals surface area contributed by atoms with Crippen molar-refractivity contribution in [3.63, 3.8) is 0 Å². The average molecular weight is 309 g/mol. The molecular weight excluding hydrogens is 290 g/mol. The van der Waals surface area contributed by atoms with Crippen molar-refractivity contribution in [1.29, 1.82) is 0 Å². The van der Waals surface area contributed by atoms with Gasteiger partial charge in [-0.05, 0) is 37.0 Å². The quantitative estimate of drug-likeness (QED) is 0.803. The Labute approximate surface area is 134 Å². The van der Waals surface area contributed by atoms with Gasteiger partial charge in [0.05, 0.1) is 0 Å². The topological polar surface area (TPSA) is 72.2 Å². The SMILES string of the molecule is CC[C@@H](C)c1ccccc1NC(=O)c1nc2nccc(C)n2n1. The Morgan fingerprint density at radius 2 is 2.09 bits per heavy atom. The van der Waals surface area contributed by atoms with Crippen molar-refractivity contribution in [2.24, 2.45) is 0 Å². The first kappa shape index (κ1) is 15.1. The van der Waals surface area contributed by atoms with Crippen molar-refractivity contribution in [3.8, 4) is 0 Å². The summed E-state index contributed by atoms with van der Waals surface area (Å²) in [5.41, 5.74) is 2.79. The fourth-order valence-electron chi connectivity index (χ4n) is 2.44. The molecule has 0 aliphatic heterocycles. The van der Waals surface area contributed by atoms with Crippen molar-refractivity contribution in [2.45, 2.75) is 33.1 Å². The minimum absolute atomic E-state index is 0.116. The number of benzene rings is 1. The first-order valence-electron chi connectivity index (χ1n) is 7.68. The Morgan fingerprint density at radius 1 is 1.30 bits per heavy atom. The van der Waals surface area contributed by atoms with Gasteiger partial charge in [-0.25, -0.2) is 9.50 Å². The van der Waals surface area contributed by atoms with Gasteiger partial charge in [-0.15, -0.1) is 5.10 Å². The van der Waals surface area contributed by atoms with Gasteiger partial charge in [0, 0.05) is 17.6 Å². The molecule has 3 rings (SSSR count). The van der Waals surface area contributed by atoms with Crippen LogP contribution in [0.4, 0.5) is 5.69 Å². The van der Waals surface area contributed by atoms with Gasteiger partial charge in [0.1, 0.15) is 0 Å². The molecular formula is C17H19N5O. The lowest BCUT2D eigenvalue weighted by Crippen LogP contribution is -2.15. The second-order valence-corrected chi connectivity index (χ2v) is 5.58. The number of rotatable bonds is 4. The van der Waals surface area contributed by atoms with Crippen LogP contribution in [0.2, 0.25) is 0 Å². The van der Waals surface area contributed by atoms with E-state index >= 15 is 0 Å². The average Bonchev–Trinajstić information content (AvgIpc) is 3.00. The number of nitrogens with zero attached hydrogens (tertiary/aromatic N) is 4. The first-order chi connectivity index (χ1) is 11.1. The number of fused-ring (bicyclic) bond motifs is 1. The summed E-state index contributed by atoms with van der Waals surface area (Å²) >= 11 is 0. The smallest absolute Gasteiger partial charge is 0.295 e. The Morgan fingerprint density at radius 3 is 2.83 bits per heavy atom. The Balaban J connectivity index is 1.91. The van der Waals surface area contributed by atoms with Crippen LogP contribution in [0.15, 0.2) is 36.5 Å². The van der Waals surface area contributed by atoms with Gasteiger partial charge < -0.3 is 5.32 Å². The Hall–Kier alpha value is -2.76. The number of carbonyl (C=O) groups is 1. The van der Waals surface area contributed by atoms with Crippen LogP contribution < -0.4 is 5.32 Å². The van der Waals surface area contributed by atoms with Crippen LogP contribution in [-0.2, 0) is 0 Å². The molecule has 0 aliphatic carbocycles. The highest BCUT2D eigenvalue weighted by molar-refractivity contribution is 6.02. The summed E-state index contributed by atoms with van der Waals surface area (Å²) < 4.78 is 1.56. The molecule has 23 heavy (non-hydrogen) atoms. The number of hydrogen-bond donors (Lipinski definition) is 1. The second-order valence-electron chi connectivity index (χ2n) is 5.58. The molecule has 0 bridgehead atoms. The van der Waals surface area contributed by atoms with Crippen molar-refractivity contribution in [1.82, 2.24) is 19.6 Å². The number of aryl methyl sites for hydroxylation is 1. The van der Waals surface area contributed by atoms with Gasteiger partial charge in [-0.2, -0.15) is 4.98 Å². The normalized spacial score (nSPS) is 12.3.